The summed E-state index contributed by atoms with van der Waals surface area (Å²) in [5.74, 6) is -2.37. The van der Waals surface area contributed by atoms with Crippen LogP contribution in [0, 0.1) is 5.82 Å². The Kier molecular flexibility index (Phi) is 6.84. The molecule has 0 heterocycles. The average Bonchev–Trinajstić information content (AvgIpc) is 2.65. The van der Waals surface area contributed by atoms with Crippen LogP contribution in [0.25, 0.3) is 0 Å². The Balaban J connectivity index is 1.74. The second kappa shape index (κ2) is 9.31. The molecular formula is C19H19FN2O4. The number of benzene rings is 2. The second-order valence-corrected chi connectivity index (χ2v) is 5.53. The zero-order valence-electron chi connectivity index (χ0n) is 14.2. The third kappa shape index (κ3) is 6.01. The number of hydrogen-bond acceptors (Lipinski definition) is 4. The van der Waals surface area contributed by atoms with E-state index in [0.717, 1.165) is 11.6 Å². The molecule has 0 radical (unpaired) electrons. The van der Waals surface area contributed by atoms with Gasteiger partial charge in [0.25, 0.3) is 11.8 Å². The largest absolute Gasteiger partial charge is 0.451 e. The van der Waals surface area contributed by atoms with Crippen molar-refractivity contribution >= 4 is 17.8 Å². The van der Waals surface area contributed by atoms with E-state index in [2.05, 4.69) is 10.6 Å². The molecule has 2 aromatic carbocycles. The normalized spacial score (nSPS) is 11.3. The van der Waals surface area contributed by atoms with Crippen LogP contribution in [0.15, 0.2) is 54.6 Å². The molecule has 7 heteroatoms. The molecule has 2 N–H and O–H groups in total. The van der Waals surface area contributed by atoms with Crippen molar-refractivity contribution in [1.82, 2.24) is 10.6 Å². The highest BCUT2D eigenvalue weighted by atomic mass is 19.1. The molecule has 2 aromatic rings. The molecule has 0 unspecified atom stereocenters. The fraction of sp³-hybridized carbons (Fsp3) is 0.211. The predicted octanol–water partition coefficient (Wildman–Crippen LogP) is 1.80. The molecule has 0 fully saturated rings. The molecule has 0 aliphatic rings. The number of esters is 1. The summed E-state index contributed by atoms with van der Waals surface area (Å²) in [6, 6.07) is 14.4. The van der Waals surface area contributed by atoms with Gasteiger partial charge in [0.2, 0.25) is 0 Å². The Morgan fingerprint density at radius 2 is 1.77 bits per heavy atom. The number of halogens is 1. The average molecular weight is 358 g/mol. The van der Waals surface area contributed by atoms with Gasteiger partial charge in [-0.05, 0) is 30.7 Å². The lowest BCUT2D eigenvalue weighted by atomic mass is 10.2. The summed E-state index contributed by atoms with van der Waals surface area (Å²) in [7, 11) is 0. The van der Waals surface area contributed by atoms with Gasteiger partial charge >= 0.3 is 5.97 Å². The van der Waals surface area contributed by atoms with Crippen molar-refractivity contribution in [1.29, 1.82) is 0 Å². The van der Waals surface area contributed by atoms with Crippen LogP contribution in [0.3, 0.4) is 0 Å². The highest BCUT2D eigenvalue weighted by Gasteiger charge is 2.18. The summed E-state index contributed by atoms with van der Waals surface area (Å²) >= 11 is 0. The van der Waals surface area contributed by atoms with Gasteiger partial charge in [-0.2, -0.15) is 0 Å². The molecule has 136 valence electrons. The summed E-state index contributed by atoms with van der Waals surface area (Å²) in [4.78, 5) is 35.5. The summed E-state index contributed by atoms with van der Waals surface area (Å²) in [6.07, 6.45) is -1.00. The zero-order valence-corrected chi connectivity index (χ0v) is 14.2. The van der Waals surface area contributed by atoms with Crippen molar-refractivity contribution in [3.8, 4) is 0 Å². The lowest BCUT2D eigenvalue weighted by molar-refractivity contribution is -0.153. The van der Waals surface area contributed by atoms with Crippen LogP contribution in [-0.4, -0.2) is 30.4 Å². The Hall–Kier alpha value is -3.22. The minimum absolute atomic E-state index is 0.0893. The van der Waals surface area contributed by atoms with Gasteiger partial charge in [0, 0.05) is 12.1 Å². The third-order valence-corrected chi connectivity index (χ3v) is 3.47. The van der Waals surface area contributed by atoms with Crippen LogP contribution >= 0.6 is 0 Å². The molecule has 6 nitrogen and oxygen atoms in total. The number of amides is 2. The monoisotopic (exact) mass is 358 g/mol. The Morgan fingerprint density at radius 1 is 1.04 bits per heavy atom. The molecule has 0 aliphatic heterocycles. The first kappa shape index (κ1) is 19.1. The maximum atomic E-state index is 13.1. The number of hydrogen-bond donors (Lipinski definition) is 2. The van der Waals surface area contributed by atoms with E-state index in [-0.39, 0.29) is 5.56 Å². The van der Waals surface area contributed by atoms with Gasteiger partial charge in [-0.1, -0.05) is 36.4 Å². The Labute approximate surface area is 150 Å². The van der Waals surface area contributed by atoms with Gasteiger partial charge in [0.05, 0.1) is 0 Å². The third-order valence-electron chi connectivity index (χ3n) is 3.47. The molecule has 0 aliphatic carbocycles. The van der Waals surface area contributed by atoms with Crippen LogP contribution in [0.5, 0.6) is 0 Å². The van der Waals surface area contributed by atoms with E-state index >= 15 is 0 Å². The van der Waals surface area contributed by atoms with Crippen molar-refractivity contribution in [2.24, 2.45) is 0 Å². The highest BCUT2D eigenvalue weighted by molar-refractivity contribution is 5.96. The van der Waals surface area contributed by atoms with Crippen molar-refractivity contribution in [3.63, 3.8) is 0 Å². The summed E-state index contributed by atoms with van der Waals surface area (Å²) in [5, 5.41) is 4.97. The number of ether oxygens (including phenoxy) is 1. The lowest BCUT2D eigenvalue weighted by Gasteiger charge is -2.14. The van der Waals surface area contributed by atoms with Gasteiger partial charge in [-0.25, -0.2) is 4.39 Å². The standard InChI is InChI=1S/C19H19FN2O4/c1-13(18(24)21-11-14-6-3-2-4-7-14)26-17(23)12-22-19(25)15-8-5-9-16(20)10-15/h2-10,13H,11-12H2,1H3,(H,21,24)(H,22,25)/t13-/m1/s1. The minimum Gasteiger partial charge on any atom is -0.451 e. The van der Waals surface area contributed by atoms with Gasteiger partial charge in [-0.3, -0.25) is 14.4 Å². The first-order chi connectivity index (χ1) is 12.5. The van der Waals surface area contributed by atoms with Crippen molar-refractivity contribution in [3.05, 3.63) is 71.5 Å². The topological polar surface area (TPSA) is 84.5 Å². The number of carbonyl (C=O) groups excluding carboxylic acids is 3. The van der Waals surface area contributed by atoms with Crippen LogP contribution in [0.4, 0.5) is 4.39 Å². The molecule has 0 aromatic heterocycles. The van der Waals surface area contributed by atoms with E-state index in [9.17, 15) is 18.8 Å². The number of carbonyl (C=O) groups is 3. The highest BCUT2D eigenvalue weighted by Crippen LogP contribution is 2.03. The van der Waals surface area contributed by atoms with Crippen LogP contribution in [-0.2, 0) is 20.9 Å². The van der Waals surface area contributed by atoms with Gasteiger partial charge < -0.3 is 15.4 Å². The maximum Gasteiger partial charge on any atom is 0.326 e. The van der Waals surface area contributed by atoms with E-state index in [1.807, 2.05) is 30.3 Å². The predicted molar refractivity (Wildman–Crippen MR) is 92.6 cm³/mol. The molecule has 0 bridgehead atoms. The van der Waals surface area contributed by atoms with Crippen LogP contribution < -0.4 is 10.6 Å². The quantitative estimate of drug-likeness (QED) is 0.739. The summed E-state index contributed by atoms with van der Waals surface area (Å²) in [5.41, 5.74) is 1.01. The molecule has 0 saturated carbocycles. The zero-order chi connectivity index (χ0) is 18.9. The molecule has 0 saturated heterocycles. The first-order valence-electron chi connectivity index (χ1n) is 8.00. The van der Waals surface area contributed by atoms with Crippen LogP contribution in [0.1, 0.15) is 22.8 Å². The van der Waals surface area contributed by atoms with Crippen molar-refractivity contribution in [2.75, 3.05) is 6.54 Å². The lowest BCUT2D eigenvalue weighted by Crippen LogP contribution is -2.38. The number of rotatable bonds is 7. The fourth-order valence-corrected chi connectivity index (χ4v) is 2.11. The molecule has 1 atom stereocenters. The fourth-order valence-electron chi connectivity index (χ4n) is 2.11. The van der Waals surface area contributed by atoms with Crippen molar-refractivity contribution < 1.29 is 23.5 Å². The molecule has 26 heavy (non-hydrogen) atoms. The van der Waals surface area contributed by atoms with Crippen molar-refractivity contribution in [2.45, 2.75) is 19.6 Å². The van der Waals surface area contributed by atoms with E-state index < -0.39 is 36.2 Å². The molecular weight excluding hydrogens is 339 g/mol. The molecule has 2 amide bonds. The second-order valence-electron chi connectivity index (χ2n) is 5.53. The molecule has 0 spiro atoms. The van der Waals surface area contributed by atoms with Crippen LogP contribution in [0.2, 0.25) is 0 Å². The first-order valence-corrected chi connectivity index (χ1v) is 8.00. The Morgan fingerprint density at radius 3 is 2.46 bits per heavy atom. The summed E-state index contributed by atoms with van der Waals surface area (Å²) < 4.78 is 18.0. The SMILES string of the molecule is C[C@@H](OC(=O)CNC(=O)c1cccc(F)c1)C(=O)NCc1ccccc1. The maximum absolute atomic E-state index is 13.1. The van der Waals surface area contributed by atoms with E-state index in [1.54, 1.807) is 0 Å². The van der Waals surface area contributed by atoms with Gasteiger partial charge in [0.15, 0.2) is 6.10 Å². The minimum atomic E-state index is -1.00. The van der Waals surface area contributed by atoms with E-state index in [1.165, 1.54) is 25.1 Å². The van der Waals surface area contributed by atoms with E-state index in [4.69, 9.17) is 4.74 Å². The smallest absolute Gasteiger partial charge is 0.326 e. The van der Waals surface area contributed by atoms with E-state index in [0.29, 0.717) is 6.54 Å². The molecule has 2 rings (SSSR count). The Bertz CT molecular complexity index is 780. The summed E-state index contributed by atoms with van der Waals surface area (Å²) in [6.45, 7) is 1.33. The van der Waals surface area contributed by atoms with Gasteiger partial charge in [0.1, 0.15) is 12.4 Å². The number of nitrogens with one attached hydrogen (secondary N) is 2. The van der Waals surface area contributed by atoms with Gasteiger partial charge in [-0.15, -0.1) is 0 Å².